The van der Waals surface area contributed by atoms with Crippen LogP contribution in [0.2, 0.25) is 0 Å². The van der Waals surface area contributed by atoms with E-state index in [9.17, 15) is 4.79 Å². The molecule has 0 aliphatic carbocycles. The second kappa shape index (κ2) is 4.80. The lowest BCUT2D eigenvalue weighted by Gasteiger charge is -2.14. The number of benzene rings is 1. The van der Waals surface area contributed by atoms with Crippen LogP contribution in [0.5, 0.6) is 5.75 Å². The Balaban J connectivity index is 2.60. The number of rotatable bonds is 4. The fourth-order valence-corrected chi connectivity index (χ4v) is 1.10. The van der Waals surface area contributed by atoms with E-state index in [1.807, 2.05) is 31.2 Å². The molecule has 0 saturated heterocycles. The number of nitrogens with zero attached hydrogens (tertiary/aromatic N) is 1. The van der Waals surface area contributed by atoms with E-state index in [0.717, 1.165) is 5.56 Å². The zero-order chi connectivity index (χ0) is 12.2. The number of hydrogen-bond acceptors (Lipinski definition) is 3. The van der Waals surface area contributed by atoms with Crippen molar-refractivity contribution in [1.29, 1.82) is 5.26 Å². The van der Waals surface area contributed by atoms with E-state index < -0.39 is 5.41 Å². The van der Waals surface area contributed by atoms with Gasteiger partial charge in [-0.15, -0.1) is 0 Å². The lowest BCUT2D eigenvalue weighted by atomic mass is 9.90. The molecule has 0 N–H and O–H groups in total. The number of aryl methyl sites for hydroxylation is 1. The first-order chi connectivity index (χ1) is 7.45. The van der Waals surface area contributed by atoms with Crippen LogP contribution in [0.3, 0.4) is 0 Å². The maximum atomic E-state index is 11.6. The molecule has 1 aromatic carbocycles. The van der Waals surface area contributed by atoms with E-state index in [2.05, 4.69) is 0 Å². The molecule has 0 aliphatic heterocycles. The first-order valence-corrected chi connectivity index (χ1v) is 5.10. The van der Waals surface area contributed by atoms with Crippen LogP contribution >= 0.6 is 0 Å². The zero-order valence-electron chi connectivity index (χ0n) is 9.78. The van der Waals surface area contributed by atoms with Crippen LogP contribution in [-0.2, 0) is 4.79 Å². The molecule has 0 aliphatic rings. The largest absolute Gasteiger partial charge is 0.486 e. The van der Waals surface area contributed by atoms with Crippen molar-refractivity contribution in [3.8, 4) is 11.8 Å². The maximum absolute atomic E-state index is 11.6. The maximum Gasteiger partial charge on any atom is 0.189 e. The summed E-state index contributed by atoms with van der Waals surface area (Å²) in [5, 5.41) is 8.78. The van der Waals surface area contributed by atoms with Crippen LogP contribution in [0, 0.1) is 23.7 Å². The fourth-order valence-electron chi connectivity index (χ4n) is 1.10. The summed E-state index contributed by atoms with van der Waals surface area (Å²) >= 11 is 0. The monoisotopic (exact) mass is 217 g/mol. The summed E-state index contributed by atoms with van der Waals surface area (Å²) in [5.41, 5.74) is 0.0913. The summed E-state index contributed by atoms with van der Waals surface area (Å²) in [7, 11) is 0. The molecule has 0 heterocycles. The van der Waals surface area contributed by atoms with Gasteiger partial charge in [0.2, 0.25) is 0 Å². The van der Waals surface area contributed by atoms with Gasteiger partial charge in [-0.2, -0.15) is 5.26 Å². The lowest BCUT2D eigenvalue weighted by Crippen LogP contribution is -2.27. The molecule has 0 fully saturated rings. The van der Waals surface area contributed by atoms with Crippen molar-refractivity contribution in [1.82, 2.24) is 0 Å². The van der Waals surface area contributed by atoms with Crippen LogP contribution in [-0.4, -0.2) is 12.4 Å². The van der Waals surface area contributed by atoms with Crippen molar-refractivity contribution in [2.24, 2.45) is 5.41 Å². The Bertz CT molecular complexity index is 430. The molecule has 16 heavy (non-hydrogen) atoms. The first kappa shape index (κ1) is 12.3. The van der Waals surface area contributed by atoms with Gasteiger partial charge in [0, 0.05) is 0 Å². The Labute approximate surface area is 95.7 Å². The van der Waals surface area contributed by atoms with Gasteiger partial charge in [-0.05, 0) is 38.5 Å². The summed E-state index contributed by atoms with van der Waals surface area (Å²) in [5.74, 6) is 0.443. The number of Topliss-reactive ketones (excluding diaryl/α,β-unsaturated/α-hetero) is 1. The third kappa shape index (κ3) is 3.09. The number of ketones is 1. The highest BCUT2D eigenvalue weighted by Gasteiger charge is 2.27. The molecule has 0 saturated carbocycles. The van der Waals surface area contributed by atoms with Gasteiger partial charge in [-0.1, -0.05) is 12.1 Å². The predicted molar refractivity (Wildman–Crippen MR) is 61.1 cm³/mol. The van der Waals surface area contributed by atoms with Crippen LogP contribution in [0.15, 0.2) is 24.3 Å². The van der Waals surface area contributed by atoms with Crippen LogP contribution < -0.4 is 4.74 Å². The minimum atomic E-state index is -0.982. The summed E-state index contributed by atoms with van der Waals surface area (Å²) in [4.78, 5) is 11.6. The average molecular weight is 217 g/mol. The lowest BCUT2D eigenvalue weighted by molar-refractivity contribution is -0.126. The molecule has 0 bridgehead atoms. The summed E-state index contributed by atoms with van der Waals surface area (Å²) in [6.45, 7) is 5.07. The number of carbonyl (C=O) groups excluding carboxylic acids is 1. The topological polar surface area (TPSA) is 50.1 Å². The molecule has 1 rings (SSSR count). The van der Waals surface area contributed by atoms with Crippen molar-refractivity contribution in [2.45, 2.75) is 20.8 Å². The number of nitriles is 1. The van der Waals surface area contributed by atoms with Crippen LogP contribution in [0.25, 0.3) is 0 Å². The molecular formula is C13H15NO2. The van der Waals surface area contributed by atoms with Crippen molar-refractivity contribution < 1.29 is 9.53 Å². The summed E-state index contributed by atoms with van der Waals surface area (Å²) in [6.07, 6.45) is 0. The van der Waals surface area contributed by atoms with E-state index in [0.29, 0.717) is 5.75 Å². The first-order valence-electron chi connectivity index (χ1n) is 5.10. The Kier molecular flexibility index (Phi) is 3.68. The molecule has 0 radical (unpaired) electrons. The number of hydrogen-bond donors (Lipinski definition) is 0. The Morgan fingerprint density at radius 3 is 2.75 bits per heavy atom. The Morgan fingerprint density at radius 1 is 1.50 bits per heavy atom. The molecule has 0 spiro atoms. The van der Waals surface area contributed by atoms with Crippen molar-refractivity contribution in [3.63, 3.8) is 0 Å². The average Bonchev–Trinajstić information content (AvgIpc) is 2.26. The molecule has 3 heteroatoms. The quantitative estimate of drug-likeness (QED) is 0.778. The van der Waals surface area contributed by atoms with E-state index in [1.54, 1.807) is 19.9 Å². The van der Waals surface area contributed by atoms with Gasteiger partial charge in [0.05, 0.1) is 6.07 Å². The smallest absolute Gasteiger partial charge is 0.189 e. The molecule has 1 aromatic rings. The molecular weight excluding hydrogens is 202 g/mol. The molecule has 0 aromatic heterocycles. The third-order valence-corrected chi connectivity index (χ3v) is 2.34. The van der Waals surface area contributed by atoms with Gasteiger partial charge in [0.1, 0.15) is 17.8 Å². The van der Waals surface area contributed by atoms with Crippen molar-refractivity contribution >= 4 is 5.78 Å². The van der Waals surface area contributed by atoms with E-state index in [1.165, 1.54) is 0 Å². The van der Waals surface area contributed by atoms with Crippen molar-refractivity contribution in [2.75, 3.05) is 6.61 Å². The minimum absolute atomic E-state index is 0.0655. The third-order valence-electron chi connectivity index (χ3n) is 2.34. The van der Waals surface area contributed by atoms with Gasteiger partial charge in [0.25, 0.3) is 0 Å². The molecule has 0 unspecified atom stereocenters. The number of carbonyl (C=O) groups is 1. The van der Waals surface area contributed by atoms with Gasteiger partial charge in [0.15, 0.2) is 5.78 Å². The zero-order valence-corrected chi connectivity index (χ0v) is 9.78. The highest BCUT2D eigenvalue weighted by atomic mass is 16.5. The highest BCUT2D eigenvalue weighted by molar-refractivity contribution is 5.87. The standard InChI is InChI=1S/C13H15NO2/c1-10-5-4-6-11(7-10)16-8-12(15)13(2,3)9-14/h4-7H,8H2,1-3H3. The SMILES string of the molecule is Cc1cccc(OCC(=O)C(C)(C)C#N)c1. The Morgan fingerprint density at radius 2 is 2.19 bits per heavy atom. The molecule has 84 valence electrons. The van der Waals surface area contributed by atoms with E-state index in [4.69, 9.17) is 10.00 Å². The van der Waals surface area contributed by atoms with Gasteiger partial charge < -0.3 is 4.74 Å². The molecule has 0 amide bonds. The fraction of sp³-hybridized carbons (Fsp3) is 0.385. The number of ether oxygens (including phenoxy) is 1. The molecule has 0 atom stereocenters. The van der Waals surface area contributed by atoms with E-state index in [-0.39, 0.29) is 12.4 Å². The van der Waals surface area contributed by atoms with Gasteiger partial charge in [-0.3, -0.25) is 4.79 Å². The van der Waals surface area contributed by atoms with Gasteiger partial charge >= 0.3 is 0 Å². The Hall–Kier alpha value is -1.82. The summed E-state index contributed by atoms with van der Waals surface area (Å²) < 4.78 is 5.34. The second-order valence-corrected chi connectivity index (χ2v) is 4.27. The second-order valence-electron chi connectivity index (χ2n) is 4.27. The summed E-state index contributed by atoms with van der Waals surface area (Å²) in [6, 6.07) is 9.42. The highest BCUT2D eigenvalue weighted by Crippen LogP contribution is 2.17. The van der Waals surface area contributed by atoms with Crippen molar-refractivity contribution in [3.05, 3.63) is 29.8 Å². The predicted octanol–water partition coefficient (Wildman–Crippen LogP) is 2.49. The van der Waals surface area contributed by atoms with Crippen LogP contribution in [0.1, 0.15) is 19.4 Å². The van der Waals surface area contributed by atoms with Gasteiger partial charge in [-0.25, -0.2) is 0 Å². The molecule has 3 nitrogen and oxygen atoms in total. The normalized spacial score (nSPS) is 10.6. The van der Waals surface area contributed by atoms with E-state index >= 15 is 0 Å². The minimum Gasteiger partial charge on any atom is -0.486 e. The van der Waals surface area contributed by atoms with Crippen LogP contribution in [0.4, 0.5) is 0 Å².